The lowest BCUT2D eigenvalue weighted by Gasteiger charge is -2.48. The minimum Gasteiger partial charge on any atom is -0.362 e. The van der Waals surface area contributed by atoms with Gasteiger partial charge in [-0.15, -0.1) is 39.5 Å². The maximum atomic E-state index is 7.11. The Bertz CT molecular complexity index is 595. The molecule has 0 saturated carbocycles. The quantitative estimate of drug-likeness (QED) is 0.300. The van der Waals surface area contributed by atoms with Gasteiger partial charge in [-0.25, -0.2) is 0 Å². The highest BCUT2D eigenvalue weighted by Gasteiger charge is 2.67. The first-order chi connectivity index (χ1) is 12.7. The molecule has 0 bridgehead atoms. The molecule has 0 aromatic heterocycles. The fraction of sp³-hybridized carbons (Fsp3) is 0.500. The Balaban J connectivity index is 2.61. The van der Waals surface area contributed by atoms with Crippen LogP contribution in [-0.2, 0) is 14.2 Å². The first-order valence-electron chi connectivity index (χ1n) is 9.46. The molecule has 4 atom stereocenters. The minimum atomic E-state index is -0.678. The summed E-state index contributed by atoms with van der Waals surface area (Å²) in [7, 11) is 0. The van der Waals surface area contributed by atoms with E-state index < -0.39 is 22.4 Å². The predicted molar refractivity (Wildman–Crippen MR) is 113 cm³/mol. The number of epoxide rings is 2. The standard InChI is InChI=1S/C24H34O3/c1-9-13-23(15-19(5)6,21(11-3)17-25-21)27-24(14-10-2,16-20(7)8)22(12-4)18-26-22/h9-12H,1-5,7,13-18H2,6,8H3. The topological polar surface area (TPSA) is 34.3 Å². The summed E-state index contributed by atoms with van der Waals surface area (Å²) < 4.78 is 18.9. The fourth-order valence-electron chi connectivity index (χ4n) is 4.22. The molecule has 0 N–H and O–H groups in total. The molecule has 27 heavy (non-hydrogen) atoms. The minimum absolute atomic E-state index is 0.566. The molecular formula is C24H34O3. The van der Waals surface area contributed by atoms with E-state index in [2.05, 4.69) is 39.5 Å². The van der Waals surface area contributed by atoms with Crippen molar-refractivity contribution < 1.29 is 14.2 Å². The highest BCUT2D eigenvalue weighted by Crippen LogP contribution is 2.56. The number of hydrogen-bond acceptors (Lipinski definition) is 3. The number of rotatable bonds is 14. The van der Waals surface area contributed by atoms with E-state index in [9.17, 15) is 0 Å². The average molecular weight is 371 g/mol. The molecule has 0 aliphatic carbocycles. The Morgan fingerprint density at radius 3 is 1.37 bits per heavy atom. The maximum absolute atomic E-state index is 7.11. The molecule has 0 spiro atoms. The molecule has 0 amide bonds. The summed E-state index contributed by atoms with van der Waals surface area (Å²) in [4.78, 5) is 0. The normalized spacial score (nSPS) is 30.3. The van der Waals surface area contributed by atoms with Crippen LogP contribution in [0.15, 0.2) is 74.9 Å². The van der Waals surface area contributed by atoms with Crippen LogP contribution in [0.5, 0.6) is 0 Å². The largest absolute Gasteiger partial charge is 0.362 e. The van der Waals surface area contributed by atoms with Crippen LogP contribution in [0, 0.1) is 0 Å². The summed E-state index contributed by atoms with van der Waals surface area (Å²) in [6.07, 6.45) is 9.94. The zero-order valence-electron chi connectivity index (χ0n) is 17.0. The third-order valence-corrected chi connectivity index (χ3v) is 5.63. The van der Waals surface area contributed by atoms with E-state index in [-0.39, 0.29) is 0 Å². The average Bonchev–Trinajstić information content (AvgIpc) is 3.47. The van der Waals surface area contributed by atoms with Gasteiger partial charge in [-0.3, -0.25) is 0 Å². The molecule has 148 valence electrons. The van der Waals surface area contributed by atoms with E-state index in [0.29, 0.717) is 38.9 Å². The van der Waals surface area contributed by atoms with Gasteiger partial charge in [0.15, 0.2) is 0 Å². The maximum Gasteiger partial charge on any atom is 0.139 e. The first-order valence-corrected chi connectivity index (χ1v) is 9.46. The molecule has 2 fully saturated rings. The summed E-state index contributed by atoms with van der Waals surface area (Å²) in [5.74, 6) is 0. The van der Waals surface area contributed by atoms with Crippen LogP contribution in [0.1, 0.15) is 39.5 Å². The zero-order valence-corrected chi connectivity index (χ0v) is 17.0. The van der Waals surface area contributed by atoms with Crippen molar-refractivity contribution in [2.45, 2.75) is 61.9 Å². The highest BCUT2D eigenvalue weighted by molar-refractivity contribution is 5.29. The van der Waals surface area contributed by atoms with Crippen LogP contribution >= 0.6 is 0 Å². The molecule has 2 heterocycles. The van der Waals surface area contributed by atoms with Gasteiger partial charge in [0, 0.05) is 12.8 Å². The van der Waals surface area contributed by atoms with E-state index in [1.165, 1.54) is 0 Å². The van der Waals surface area contributed by atoms with Gasteiger partial charge in [0.1, 0.15) is 22.4 Å². The van der Waals surface area contributed by atoms with E-state index in [4.69, 9.17) is 14.2 Å². The smallest absolute Gasteiger partial charge is 0.139 e. The van der Waals surface area contributed by atoms with Gasteiger partial charge in [-0.2, -0.15) is 0 Å². The predicted octanol–water partition coefficient (Wildman–Crippen LogP) is 5.48. The Labute approximate surface area is 164 Å². The molecule has 0 aromatic carbocycles. The molecule has 3 heteroatoms. The lowest BCUT2D eigenvalue weighted by molar-refractivity contribution is -0.198. The van der Waals surface area contributed by atoms with Crippen molar-refractivity contribution in [3.8, 4) is 0 Å². The summed E-state index contributed by atoms with van der Waals surface area (Å²) in [5, 5.41) is 0. The van der Waals surface area contributed by atoms with E-state index in [1.807, 2.05) is 38.2 Å². The van der Waals surface area contributed by atoms with Crippen molar-refractivity contribution in [3.63, 3.8) is 0 Å². The molecule has 0 aromatic rings. The number of ether oxygens (including phenoxy) is 3. The SMILES string of the molecule is C=CCC(CC(=C)C)(OC(CC=C)(CC(=C)C)C1(C=C)CO1)C1(C=C)CO1. The molecule has 2 aliphatic heterocycles. The highest BCUT2D eigenvalue weighted by atomic mass is 16.7. The van der Waals surface area contributed by atoms with Crippen molar-refractivity contribution in [1.82, 2.24) is 0 Å². The Kier molecular flexibility index (Phi) is 6.20. The Morgan fingerprint density at radius 1 is 0.852 bits per heavy atom. The second-order valence-electron chi connectivity index (χ2n) is 8.11. The molecule has 4 unspecified atom stereocenters. The van der Waals surface area contributed by atoms with Gasteiger partial charge in [0.2, 0.25) is 0 Å². The third kappa shape index (κ3) is 3.82. The number of hydrogen-bond donors (Lipinski definition) is 0. The van der Waals surface area contributed by atoms with Crippen molar-refractivity contribution in [1.29, 1.82) is 0 Å². The monoisotopic (exact) mass is 370 g/mol. The van der Waals surface area contributed by atoms with Gasteiger partial charge >= 0.3 is 0 Å². The van der Waals surface area contributed by atoms with Crippen LogP contribution in [-0.4, -0.2) is 35.6 Å². The molecule has 2 rings (SSSR count). The molecular weight excluding hydrogens is 336 g/mol. The Morgan fingerprint density at radius 2 is 1.19 bits per heavy atom. The van der Waals surface area contributed by atoms with Gasteiger partial charge < -0.3 is 14.2 Å². The van der Waals surface area contributed by atoms with Crippen LogP contribution in [0.4, 0.5) is 0 Å². The zero-order chi connectivity index (χ0) is 20.3. The van der Waals surface area contributed by atoms with E-state index >= 15 is 0 Å². The molecule has 2 aliphatic rings. The van der Waals surface area contributed by atoms with E-state index in [0.717, 1.165) is 11.1 Å². The first kappa shape index (κ1) is 21.6. The van der Waals surface area contributed by atoms with Crippen LogP contribution < -0.4 is 0 Å². The Hall–Kier alpha value is -1.68. The summed E-state index contributed by atoms with van der Waals surface area (Å²) in [5.41, 5.74) is -0.468. The fourth-order valence-corrected chi connectivity index (χ4v) is 4.22. The summed E-state index contributed by atoms with van der Waals surface area (Å²) in [6.45, 7) is 29.4. The van der Waals surface area contributed by atoms with Gasteiger partial charge in [0.05, 0.1) is 13.2 Å². The summed E-state index contributed by atoms with van der Waals surface area (Å²) in [6, 6.07) is 0. The van der Waals surface area contributed by atoms with Crippen molar-refractivity contribution >= 4 is 0 Å². The third-order valence-electron chi connectivity index (χ3n) is 5.63. The van der Waals surface area contributed by atoms with Crippen molar-refractivity contribution in [2.75, 3.05) is 13.2 Å². The van der Waals surface area contributed by atoms with Gasteiger partial charge in [-0.05, 0) is 26.7 Å². The lowest BCUT2D eigenvalue weighted by atomic mass is 9.74. The molecule has 0 radical (unpaired) electrons. The van der Waals surface area contributed by atoms with E-state index in [1.54, 1.807) is 0 Å². The van der Waals surface area contributed by atoms with Crippen molar-refractivity contribution in [2.24, 2.45) is 0 Å². The van der Waals surface area contributed by atoms with Gasteiger partial charge in [0.25, 0.3) is 0 Å². The van der Waals surface area contributed by atoms with Gasteiger partial charge in [-0.1, -0.05) is 35.5 Å². The summed E-state index contributed by atoms with van der Waals surface area (Å²) >= 11 is 0. The van der Waals surface area contributed by atoms with Crippen LogP contribution in [0.25, 0.3) is 0 Å². The molecule has 3 nitrogen and oxygen atoms in total. The van der Waals surface area contributed by atoms with Crippen LogP contribution in [0.2, 0.25) is 0 Å². The second-order valence-corrected chi connectivity index (χ2v) is 8.11. The van der Waals surface area contributed by atoms with Crippen molar-refractivity contribution in [3.05, 3.63) is 74.9 Å². The lowest BCUT2D eigenvalue weighted by Crippen LogP contribution is -2.58. The second kappa shape index (κ2) is 7.75. The van der Waals surface area contributed by atoms with Crippen LogP contribution in [0.3, 0.4) is 0 Å². The molecule has 2 saturated heterocycles.